The number of nitrogens with two attached hydrogens (primary N) is 1. The van der Waals surface area contributed by atoms with Gasteiger partial charge in [0.05, 0.1) is 24.3 Å². The summed E-state index contributed by atoms with van der Waals surface area (Å²) in [5, 5.41) is 0. The van der Waals surface area contributed by atoms with Crippen molar-refractivity contribution >= 4 is 5.69 Å². The maximum atomic E-state index is 5.91. The van der Waals surface area contributed by atoms with Crippen LogP contribution in [-0.2, 0) is 11.3 Å². The largest absolute Gasteiger partial charge is 0.399 e. The molecule has 6 nitrogen and oxygen atoms in total. The molecule has 0 saturated carbocycles. The van der Waals surface area contributed by atoms with E-state index in [1.165, 1.54) is 0 Å². The van der Waals surface area contributed by atoms with Crippen molar-refractivity contribution in [3.05, 3.63) is 41.2 Å². The molecule has 112 valence electrons. The van der Waals surface area contributed by atoms with Crippen molar-refractivity contribution in [1.29, 1.82) is 0 Å². The minimum absolute atomic E-state index is 0.0276. The number of aromatic amines is 1. The molecule has 3 N–H and O–H groups in total. The smallest absolute Gasteiger partial charge is 0.112 e. The highest BCUT2D eigenvalue weighted by Crippen LogP contribution is 2.23. The van der Waals surface area contributed by atoms with Gasteiger partial charge in [-0.3, -0.25) is 9.88 Å². The predicted molar refractivity (Wildman–Crippen MR) is 80.7 cm³/mol. The molecule has 0 bridgehead atoms. The number of nitrogens with zero attached hydrogens (tertiary/aromatic N) is 3. The van der Waals surface area contributed by atoms with Crippen molar-refractivity contribution in [2.45, 2.75) is 26.5 Å². The second-order valence-electron chi connectivity index (χ2n) is 5.54. The summed E-state index contributed by atoms with van der Waals surface area (Å²) in [5.74, 6) is 0. The Morgan fingerprint density at radius 3 is 3.00 bits per heavy atom. The lowest BCUT2D eigenvalue weighted by atomic mass is 10.1. The van der Waals surface area contributed by atoms with Gasteiger partial charge in [-0.2, -0.15) is 0 Å². The van der Waals surface area contributed by atoms with Gasteiger partial charge in [0.1, 0.15) is 6.10 Å². The zero-order valence-electron chi connectivity index (χ0n) is 12.5. The number of aryl methyl sites for hydroxylation is 2. The number of nitrogens with one attached hydrogen (secondary N) is 1. The van der Waals surface area contributed by atoms with Crippen LogP contribution < -0.4 is 5.73 Å². The summed E-state index contributed by atoms with van der Waals surface area (Å²) in [7, 11) is 0. The van der Waals surface area contributed by atoms with Crippen LogP contribution in [0.4, 0.5) is 5.69 Å². The molecule has 0 radical (unpaired) electrons. The van der Waals surface area contributed by atoms with Gasteiger partial charge in [-0.1, -0.05) is 0 Å². The molecule has 2 aromatic rings. The average Bonchev–Trinajstić information content (AvgIpc) is 2.84. The van der Waals surface area contributed by atoms with E-state index in [9.17, 15) is 0 Å². The van der Waals surface area contributed by atoms with Crippen LogP contribution in [0.5, 0.6) is 0 Å². The van der Waals surface area contributed by atoms with Crippen LogP contribution in [0, 0.1) is 13.8 Å². The van der Waals surface area contributed by atoms with E-state index in [1.54, 1.807) is 6.33 Å². The highest BCUT2D eigenvalue weighted by molar-refractivity contribution is 5.40. The van der Waals surface area contributed by atoms with Gasteiger partial charge in [0, 0.05) is 36.7 Å². The molecule has 3 rings (SSSR count). The van der Waals surface area contributed by atoms with Gasteiger partial charge in [-0.15, -0.1) is 0 Å². The molecule has 0 spiro atoms. The van der Waals surface area contributed by atoms with E-state index in [0.29, 0.717) is 6.61 Å². The van der Waals surface area contributed by atoms with Gasteiger partial charge in [0.2, 0.25) is 0 Å². The van der Waals surface area contributed by atoms with E-state index >= 15 is 0 Å². The number of aromatic nitrogens is 3. The van der Waals surface area contributed by atoms with Crippen LogP contribution in [0.1, 0.15) is 28.9 Å². The Kier molecular flexibility index (Phi) is 3.90. The summed E-state index contributed by atoms with van der Waals surface area (Å²) in [6.07, 6.45) is 1.71. The van der Waals surface area contributed by atoms with Gasteiger partial charge < -0.3 is 15.5 Å². The number of pyridine rings is 1. The maximum Gasteiger partial charge on any atom is 0.112 e. The van der Waals surface area contributed by atoms with Crippen molar-refractivity contribution in [2.75, 3.05) is 25.4 Å². The monoisotopic (exact) mass is 287 g/mol. The van der Waals surface area contributed by atoms with E-state index in [1.807, 2.05) is 26.0 Å². The summed E-state index contributed by atoms with van der Waals surface area (Å²) in [6, 6.07) is 3.78. The quantitative estimate of drug-likeness (QED) is 0.896. The maximum absolute atomic E-state index is 5.91. The molecular formula is C15H21N5O. The summed E-state index contributed by atoms with van der Waals surface area (Å²) in [6.45, 7) is 7.24. The Morgan fingerprint density at radius 1 is 1.43 bits per heavy atom. The number of hydrogen-bond donors (Lipinski definition) is 2. The topological polar surface area (TPSA) is 80.1 Å². The molecule has 21 heavy (non-hydrogen) atoms. The predicted octanol–water partition coefficient (Wildman–Crippen LogP) is 1.58. The molecule has 0 unspecified atom stereocenters. The lowest BCUT2D eigenvalue weighted by molar-refractivity contribution is -0.0353. The van der Waals surface area contributed by atoms with Crippen LogP contribution in [-0.4, -0.2) is 39.5 Å². The van der Waals surface area contributed by atoms with Crippen molar-refractivity contribution in [3.63, 3.8) is 0 Å². The summed E-state index contributed by atoms with van der Waals surface area (Å²) < 4.78 is 5.87. The third-order valence-corrected chi connectivity index (χ3v) is 3.78. The summed E-state index contributed by atoms with van der Waals surface area (Å²) in [5.41, 5.74) is 10.7. The normalized spacial score (nSPS) is 19.8. The highest BCUT2D eigenvalue weighted by atomic mass is 16.5. The Morgan fingerprint density at radius 2 is 2.29 bits per heavy atom. The second-order valence-corrected chi connectivity index (χ2v) is 5.54. The fraction of sp³-hybridized carbons (Fsp3) is 0.467. The number of H-pyrrole nitrogens is 1. The Balaban J connectivity index is 1.72. The number of nitrogen functional groups attached to an aromatic ring is 1. The molecular weight excluding hydrogens is 266 g/mol. The molecule has 2 aromatic heterocycles. The number of imidazole rings is 1. The molecule has 0 amide bonds. The van der Waals surface area contributed by atoms with Crippen LogP contribution in [0.25, 0.3) is 0 Å². The highest BCUT2D eigenvalue weighted by Gasteiger charge is 2.24. The van der Waals surface area contributed by atoms with Crippen LogP contribution in [0.15, 0.2) is 18.5 Å². The zero-order chi connectivity index (χ0) is 14.8. The lowest BCUT2D eigenvalue weighted by Crippen LogP contribution is -2.38. The number of ether oxygens (including phenoxy) is 1. The Bertz CT molecular complexity index is 604. The fourth-order valence-corrected chi connectivity index (χ4v) is 2.67. The van der Waals surface area contributed by atoms with Gasteiger partial charge in [-0.05, 0) is 26.0 Å². The number of anilines is 1. The first-order valence-electron chi connectivity index (χ1n) is 7.18. The standard InChI is InChI=1S/C15H21N5O/c1-10-5-12(16)6-13(19-10)15-8-20(3-4-21-15)7-14-11(2)17-9-18-14/h5-6,9,15H,3-4,7-8H2,1-2H3,(H2,16,19)(H,17,18)/t15-/m0/s1. The number of morpholine rings is 1. The van der Waals surface area contributed by atoms with Gasteiger partial charge >= 0.3 is 0 Å². The summed E-state index contributed by atoms with van der Waals surface area (Å²) in [4.78, 5) is 14.4. The van der Waals surface area contributed by atoms with Crippen molar-refractivity contribution in [3.8, 4) is 0 Å². The van der Waals surface area contributed by atoms with Gasteiger partial charge in [-0.25, -0.2) is 4.98 Å². The fourth-order valence-electron chi connectivity index (χ4n) is 2.67. The molecule has 3 heterocycles. The molecule has 1 atom stereocenters. The van der Waals surface area contributed by atoms with Crippen molar-refractivity contribution in [2.24, 2.45) is 0 Å². The number of rotatable bonds is 3. The third kappa shape index (κ3) is 3.22. The Hall–Kier alpha value is -1.92. The van der Waals surface area contributed by atoms with Gasteiger partial charge in [0.15, 0.2) is 0 Å². The lowest BCUT2D eigenvalue weighted by Gasteiger charge is -2.32. The number of hydrogen-bond acceptors (Lipinski definition) is 5. The van der Waals surface area contributed by atoms with Crippen molar-refractivity contribution < 1.29 is 4.74 Å². The molecule has 1 saturated heterocycles. The molecule has 1 aliphatic heterocycles. The zero-order valence-corrected chi connectivity index (χ0v) is 12.5. The first-order valence-corrected chi connectivity index (χ1v) is 7.18. The van der Waals surface area contributed by atoms with Crippen LogP contribution in [0.3, 0.4) is 0 Å². The first kappa shape index (κ1) is 14.0. The van der Waals surface area contributed by atoms with Gasteiger partial charge in [0.25, 0.3) is 0 Å². The van der Waals surface area contributed by atoms with Crippen LogP contribution in [0.2, 0.25) is 0 Å². The minimum Gasteiger partial charge on any atom is -0.399 e. The first-order chi connectivity index (χ1) is 10.1. The average molecular weight is 287 g/mol. The molecule has 0 aromatic carbocycles. The van der Waals surface area contributed by atoms with E-state index in [4.69, 9.17) is 10.5 Å². The SMILES string of the molecule is Cc1cc(N)cc([C@@H]2CN(Cc3nc[nH]c3C)CCO2)n1. The molecule has 0 aliphatic carbocycles. The van der Waals surface area contributed by atoms with E-state index < -0.39 is 0 Å². The molecule has 1 fully saturated rings. The van der Waals surface area contributed by atoms with Crippen molar-refractivity contribution in [1.82, 2.24) is 19.9 Å². The Labute approximate surface area is 124 Å². The van der Waals surface area contributed by atoms with E-state index in [2.05, 4.69) is 19.9 Å². The molecule has 1 aliphatic rings. The van der Waals surface area contributed by atoms with Crippen LogP contribution >= 0.6 is 0 Å². The van der Waals surface area contributed by atoms with E-state index in [0.717, 1.165) is 48.1 Å². The second kappa shape index (κ2) is 5.83. The minimum atomic E-state index is -0.0276. The van der Waals surface area contributed by atoms with E-state index in [-0.39, 0.29) is 6.10 Å². The third-order valence-electron chi connectivity index (χ3n) is 3.78. The molecule has 6 heteroatoms. The summed E-state index contributed by atoms with van der Waals surface area (Å²) >= 11 is 0.